The maximum atomic E-state index is 6.52. The number of aromatic nitrogens is 1. The summed E-state index contributed by atoms with van der Waals surface area (Å²) in [5, 5.41) is 12.1. The number of furan rings is 1. The van der Waals surface area contributed by atoms with Gasteiger partial charge in [-0.2, -0.15) is 0 Å². The predicted octanol–water partition coefficient (Wildman–Crippen LogP) is 18.6. The molecule has 3 nitrogen and oxygen atoms in total. The molecule has 0 N–H and O–H groups in total. The van der Waals surface area contributed by atoms with E-state index in [1.54, 1.807) is 0 Å². The van der Waals surface area contributed by atoms with Crippen molar-refractivity contribution in [3.63, 3.8) is 0 Å². The van der Waals surface area contributed by atoms with Crippen LogP contribution in [0.1, 0.15) is 0 Å². The van der Waals surface area contributed by atoms with E-state index in [-0.39, 0.29) is 0 Å². The fraction of sp³-hybridized carbons (Fsp3) is 0. The van der Waals surface area contributed by atoms with Gasteiger partial charge < -0.3 is 13.9 Å². The Morgan fingerprint density at radius 2 is 0.855 bits per heavy atom. The lowest BCUT2D eigenvalue weighted by molar-refractivity contribution is 0.672. The quantitative estimate of drug-likeness (QED) is 0.149. The van der Waals surface area contributed by atoms with Gasteiger partial charge in [-0.1, -0.05) is 170 Å². The molecule has 0 atom stereocenters. The minimum absolute atomic E-state index is 0.890. The van der Waals surface area contributed by atoms with Gasteiger partial charge in [0, 0.05) is 49.7 Å². The van der Waals surface area contributed by atoms with Crippen molar-refractivity contribution in [2.75, 3.05) is 4.90 Å². The van der Waals surface area contributed by atoms with Crippen molar-refractivity contribution in [3.8, 4) is 39.1 Å². The summed E-state index contributed by atoms with van der Waals surface area (Å²) in [6, 6.07) is 92.6. The Bertz CT molecular complexity index is 4270. The maximum absolute atomic E-state index is 6.52. The summed E-state index contributed by atoms with van der Waals surface area (Å²) in [4.78, 5) is 2.40. The van der Waals surface area contributed by atoms with Crippen molar-refractivity contribution < 1.29 is 4.42 Å². The van der Waals surface area contributed by atoms with Gasteiger partial charge in [-0.15, -0.1) is 0 Å². The van der Waals surface area contributed by atoms with Crippen molar-refractivity contribution in [1.82, 2.24) is 4.57 Å². The minimum atomic E-state index is 0.890. The molecule has 322 valence electrons. The Kier molecular flexibility index (Phi) is 8.90. The summed E-state index contributed by atoms with van der Waals surface area (Å²) in [7, 11) is 0. The Morgan fingerprint density at radius 1 is 0.290 bits per heavy atom. The Labute approximate surface area is 399 Å². The van der Waals surface area contributed by atoms with E-state index in [4.69, 9.17) is 4.42 Å². The summed E-state index contributed by atoms with van der Waals surface area (Å²) >= 11 is 0. The van der Waals surface area contributed by atoms with Crippen LogP contribution in [0.3, 0.4) is 0 Å². The summed E-state index contributed by atoms with van der Waals surface area (Å²) in [6.07, 6.45) is 0. The molecular formula is C66H42N2O. The molecule has 69 heavy (non-hydrogen) atoms. The van der Waals surface area contributed by atoms with E-state index in [0.717, 1.165) is 72.3 Å². The lowest BCUT2D eigenvalue weighted by atomic mass is 9.93. The van der Waals surface area contributed by atoms with E-state index in [0.29, 0.717) is 0 Å². The van der Waals surface area contributed by atoms with Gasteiger partial charge in [0.25, 0.3) is 0 Å². The van der Waals surface area contributed by atoms with Crippen LogP contribution >= 0.6 is 0 Å². The van der Waals surface area contributed by atoms with E-state index in [1.807, 2.05) is 0 Å². The lowest BCUT2D eigenvalue weighted by Gasteiger charge is -2.27. The van der Waals surface area contributed by atoms with Crippen molar-refractivity contribution in [2.45, 2.75) is 0 Å². The minimum Gasteiger partial charge on any atom is -0.455 e. The Balaban J connectivity index is 0.898. The zero-order chi connectivity index (χ0) is 45.4. The van der Waals surface area contributed by atoms with Crippen LogP contribution < -0.4 is 4.90 Å². The van der Waals surface area contributed by atoms with Gasteiger partial charge in [0.1, 0.15) is 11.2 Å². The smallest absolute Gasteiger partial charge is 0.143 e. The van der Waals surface area contributed by atoms with Crippen LogP contribution in [0.5, 0.6) is 0 Å². The second-order valence-electron chi connectivity index (χ2n) is 18.1. The third-order valence-electron chi connectivity index (χ3n) is 14.1. The van der Waals surface area contributed by atoms with Gasteiger partial charge in [0.15, 0.2) is 0 Å². The van der Waals surface area contributed by atoms with Gasteiger partial charge in [0.05, 0.1) is 11.0 Å². The first-order valence-electron chi connectivity index (χ1n) is 23.6. The number of nitrogens with zero attached hydrogens (tertiary/aromatic N) is 2. The highest BCUT2D eigenvalue weighted by atomic mass is 16.3. The van der Waals surface area contributed by atoms with Crippen LogP contribution in [0, 0.1) is 0 Å². The van der Waals surface area contributed by atoms with Crippen LogP contribution in [-0.2, 0) is 0 Å². The molecule has 0 unspecified atom stereocenters. The molecule has 0 aliphatic heterocycles. The van der Waals surface area contributed by atoms with Gasteiger partial charge in [-0.25, -0.2) is 0 Å². The zero-order valence-electron chi connectivity index (χ0n) is 37.6. The maximum Gasteiger partial charge on any atom is 0.143 e. The van der Waals surface area contributed by atoms with Crippen molar-refractivity contribution in [2.24, 2.45) is 0 Å². The monoisotopic (exact) mass is 878 g/mol. The van der Waals surface area contributed by atoms with Crippen LogP contribution in [0.4, 0.5) is 17.1 Å². The number of para-hydroxylation sites is 2. The first-order valence-corrected chi connectivity index (χ1v) is 23.6. The molecule has 0 saturated carbocycles. The highest BCUT2D eigenvalue weighted by Crippen LogP contribution is 2.43. The summed E-state index contributed by atoms with van der Waals surface area (Å²) in [5.41, 5.74) is 15.5. The first-order chi connectivity index (χ1) is 34.2. The fourth-order valence-corrected chi connectivity index (χ4v) is 10.9. The van der Waals surface area contributed by atoms with Crippen LogP contribution in [-0.4, -0.2) is 4.57 Å². The number of benzene rings is 12. The fourth-order valence-electron chi connectivity index (χ4n) is 10.9. The largest absolute Gasteiger partial charge is 0.455 e. The molecule has 0 radical (unpaired) electrons. The molecule has 0 aliphatic carbocycles. The lowest BCUT2D eigenvalue weighted by Crippen LogP contribution is -2.10. The van der Waals surface area contributed by atoms with Crippen molar-refractivity contribution in [3.05, 3.63) is 255 Å². The van der Waals surface area contributed by atoms with Gasteiger partial charge in [-0.3, -0.25) is 0 Å². The van der Waals surface area contributed by atoms with Gasteiger partial charge >= 0.3 is 0 Å². The molecule has 2 aromatic heterocycles. The summed E-state index contributed by atoms with van der Waals surface area (Å²) in [6.45, 7) is 0. The Morgan fingerprint density at radius 3 is 1.61 bits per heavy atom. The molecular weight excluding hydrogens is 837 g/mol. The molecule has 2 heterocycles. The van der Waals surface area contributed by atoms with Gasteiger partial charge in [-0.05, 0) is 145 Å². The molecule has 0 saturated heterocycles. The summed E-state index contributed by atoms with van der Waals surface area (Å²) in [5.74, 6) is 0. The number of fused-ring (bicyclic) bond motifs is 11. The molecule has 0 aliphatic rings. The standard InChI is InChI=1S/C66H42N2O/c1-4-23-55-44(14-1)32-36-60-62-41-47(33-37-65(62)69-66(55)60)46-17-12-19-51(39-46)67(52-20-13-18-48(40-52)61-42-49-15-2-3-22-54(49)56-24-5-6-25-57(56)61)50-34-30-43(31-35-50)45-16-11-21-53(38-45)68-63-28-9-7-26-58(63)59-27-8-10-29-64(59)68/h1-42H. The first kappa shape index (κ1) is 39.0. The van der Waals surface area contributed by atoms with Crippen molar-refractivity contribution >= 4 is 93.1 Å². The zero-order valence-corrected chi connectivity index (χ0v) is 37.6. The highest BCUT2D eigenvalue weighted by molar-refractivity contribution is 6.16. The third-order valence-corrected chi connectivity index (χ3v) is 14.1. The van der Waals surface area contributed by atoms with Gasteiger partial charge in [0.2, 0.25) is 0 Å². The second kappa shape index (κ2) is 15.7. The number of rotatable bonds is 7. The number of hydrogen-bond acceptors (Lipinski definition) is 2. The summed E-state index contributed by atoms with van der Waals surface area (Å²) < 4.78 is 8.91. The average Bonchev–Trinajstić information content (AvgIpc) is 3.97. The van der Waals surface area contributed by atoms with Crippen LogP contribution in [0.15, 0.2) is 259 Å². The molecule has 0 amide bonds. The molecule has 0 fully saturated rings. The highest BCUT2D eigenvalue weighted by Gasteiger charge is 2.19. The van der Waals surface area contributed by atoms with Crippen molar-refractivity contribution in [1.29, 1.82) is 0 Å². The van der Waals surface area contributed by atoms with E-state index in [2.05, 4.69) is 264 Å². The van der Waals surface area contributed by atoms with E-state index < -0.39 is 0 Å². The molecule has 0 spiro atoms. The Hall–Kier alpha value is -9.18. The van der Waals surface area contributed by atoms with E-state index in [9.17, 15) is 0 Å². The van der Waals surface area contributed by atoms with E-state index in [1.165, 1.54) is 59.9 Å². The predicted molar refractivity (Wildman–Crippen MR) is 292 cm³/mol. The molecule has 0 bridgehead atoms. The third kappa shape index (κ3) is 6.43. The normalized spacial score (nSPS) is 11.8. The second-order valence-corrected chi connectivity index (χ2v) is 18.1. The topological polar surface area (TPSA) is 21.3 Å². The molecule has 3 heteroatoms. The average molecular weight is 879 g/mol. The number of hydrogen-bond donors (Lipinski definition) is 0. The van der Waals surface area contributed by atoms with E-state index >= 15 is 0 Å². The van der Waals surface area contributed by atoms with Crippen LogP contribution in [0.25, 0.3) is 115 Å². The van der Waals surface area contributed by atoms with Crippen LogP contribution in [0.2, 0.25) is 0 Å². The molecule has 14 rings (SSSR count). The molecule has 12 aromatic carbocycles. The number of anilines is 3. The SMILES string of the molecule is c1cc(-c2ccc3oc4c5ccccc5ccc4c3c2)cc(N(c2ccc(-c3cccc(-n4c5ccccc5c5ccccc54)c3)cc2)c2cccc(-c3cc4ccccc4c4ccccc34)c2)c1. The molecule has 14 aromatic rings.